The van der Waals surface area contributed by atoms with E-state index in [1.807, 2.05) is 0 Å². The molecule has 3 unspecified atom stereocenters. The maximum absolute atomic E-state index is 6.09. The van der Waals surface area contributed by atoms with Crippen molar-refractivity contribution in [3.05, 3.63) is 35.4 Å². The highest BCUT2D eigenvalue weighted by atomic mass is 16.5. The molecule has 1 N–H and O–H groups in total. The van der Waals surface area contributed by atoms with Gasteiger partial charge in [-0.3, -0.25) is 9.89 Å². The minimum atomic E-state index is 0.0927. The maximum atomic E-state index is 6.09. The molecule has 154 valence electrons. The Bertz CT molecular complexity index is 680. The summed E-state index contributed by atoms with van der Waals surface area (Å²) in [6.45, 7) is 11.4. The standard InChI is InChI=1S/C22H34N4O2/c1-3-23-22(24-13-19-14-25-10-6-8-18(25)16-28-19)26-11-12-27-21(15-26)20-9-5-4-7-17(20)2/h4-5,7,9,18-19,21H,3,6,8,10-16H2,1-2H3,(H,23,24). The fraction of sp³-hybridized carbons (Fsp3) is 0.682. The van der Waals surface area contributed by atoms with E-state index >= 15 is 0 Å². The number of morpholine rings is 2. The highest BCUT2D eigenvalue weighted by Crippen LogP contribution is 2.25. The first-order valence-corrected chi connectivity index (χ1v) is 10.8. The maximum Gasteiger partial charge on any atom is 0.194 e. The molecule has 0 bridgehead atoms. The van der Waals surface area contributed by atoms with Crippen LogP contribution in [0.5, 0.6) is 0 Å². The van der Waals surface area contributed by atoms with E-state index in [0.29, 0.717) is 6.04 Å². The first-order chi connectivity index (χ1) is 13.7. The molecule has 0 spiro atoms. The van der Waals surface area contributed by atoms with Gasteiger partial charge in [0.25, 0.3) is 0 Å². The molecule has 0 aliphatic carbocycles. The second kappa shape index (κ2) is 9.25. The third-order valence-electron chi connectivity index (χ3n) is 6.14. The van der Waals surface area contributed by atoms with E-state index in [0.717, 1.165) is 51.9 Å². The Hall–Kier alpha value is -1.63. The van der Waals surface area contributed by atoms with Crippen molar-refractivity contribution in [3.63, 3.8) is 0 Å². The van der Waals surface area contributed by atoms with E-state index in [-0.39, 0.29) is 12.2 Å². The average molecular weight is 387 g/mol. The Morgan fingerprint density at radius 3 is 2.96 bits per heavy atom. The lowest BCUT2D eigenvalue weighted by Gasteiger charge is -2.37. The molecule has 3 aliphatic rings. The molecule has 3 fully saturated rings. The molecule has 0 amide bonds. The van der Waals surface area contributed by atoms with Gasteiger partial charge < -0.3 is 19.7 Å². The van der Waals surface area contributed by atoms with Gasteiger partial charge in [0.2, 0.25) is 0 Å². The quantitative estimate of drug-likeness (QED) is 0.635. The van der Waals surface area contributed by atoms with E-state index in [9.17, 15) is 0 Å². The fourth-order valence-electron chi connectivity index (χ4n) is 4.59. The summed E-state index contributed by atoms with van der Waals surface area (Å²) in [5.74, 6) is 0.983. The first kappa shape index (κ1) is 19.7. The van der Waals surface area contributed by atoms with E-state index in [1.165, 1.54) is 30.5 Å². The molecule has 6 heteroatoms. The van der Waals surface area contributed by atoms with Crippen LogP contribution in [-0.4, -0.2) is 80.4 Å². The van der Waals surface area contributed by atoms with Crippen molar-refractivity contribution in [2.45, 2.75) is 44.9 Å². The van der Waals surface area contributed by atoms with Crippen LogP contribution in [0.2, 0.25) is 0 Å². The van der Waals surface area contributed by atoms with E-state index < -0.39 is 0 Å². The summed E-state index contributed by atoms with van der Waals surface area (Å²) in [7, 11) is 0. The van der Waals surface area contributed by atoms with Crippen LogP contribution in [-0.2, 0) is 9.47 Å². The fourth-order valence-corrected chi connectivity index (χ4v) is 4.59. The van der Waals surface area contributed by atoms with Crippen LogP contribution in [0.3, 0.4) is 0 Å². The Balaban J connectivity index is 1.40. The van der Waals surface area contributed by atoms with Crippen LogP contribution >= 0.6 is 0 Å². The molecule has 4 rings (SSSR count). The predicted octanol–water partition coefficient (Wildman–Crippen LogP) is 2.20. The number of benzene rings is 1. The number of guanidine groups is 1. The molecule has 3 aliphatic heterocycles. The van der Waals surface area contributed by atoms with Crippen LogP contribution in [0.1, 0.15) is 37.0 Å². The number of fused-ring (bicyclic) bond motifs is 1. The lowest BCUT2D eigenvalue weighted by Crippen LogP contribution is -2.50. The summed E-state index contributed by atoms with van der Waals surface area (Å²) in [6, 6.07) is 9.15. The predicted molar refractivity (Wildman–Crippen MR) is 112 cm³/mol. The second-order valence-electron chi connectivity index (χ2n) is 8.10. The van der Waals surface area contributed by atoms with Crippen LogP contribution in [0, 0.1) is 6.92 Å². The van der Waals surface area contributed by atoms with E-state index in [1.54, 1.807) is 0 Å². The molecule has 0 aromatic heterocycles. The van der Waals surface area contributed by atoms with Crippen LogP contribution < -0.4 is 5.32 Å². The number of rotatable bonds is 4. The van der Waals surface area contributed by atoms with Gasteiger partial charge in [-0.2, -0.15) is 0 Å². The van der Waals surface area contributed by atoms with Gasteiger partial charge in [-0.25, -0.2) is 0 Å². The lowest BCUT2D eigenvalue weighted by molar-refractivity contribution is -0.0435. The molecular formula is C22H34N4O2. The Labute approximate surface area is 168 Å². The molecular weight excluding hydrogens is 352 g/mol. The molecule has 1 aromatic carbocycles. The Kier molecular flexibility index (Phi) is 6.50. The van der Waals surface area contributed by atoms with Crippen LogP contribution in [0.4, 0.5) is 0 Å². The molecule has 0 saturated carbocycles. The number of aliphatic imine (C=N–C) groups is 1. The normalized spacial score (nSPS) is 29.0. The van der Waals surface area contributed by atoms with Crippen LogP contribution in [0.15, 0.2) is 29.3 Å². The highest BCUT2D eigenvalue weighted by molar-refractivity contribution is 5.80. The van der Waals surface area contributed by atoms with E-state index in [2.05, 4.69) is 53.2 Å². The third-order valence-corrected chi connectivity index (χ3v) is 6.14. The van der Waals surface area contributed by atoms with Gasteiger partial charge in [-0.15, -0.1) is 0 Å². The average Bonchev–Trinajstić information content (AvgIpc) is 3.19. The molecule has 3 saturated heterocycles. The van der Waals surface area contributed by atoms with Crippen molar-refractivity contribution in [3.8, 4) is 0 Å². The van der Waals surface area contributed by atoms with Crippen molar-refractivity contribution in [1.29, 1.82) is 0 Å². The topological polar surface area (TPSA) is 49.3 Å². The first-order valence-electron chi connectivity index (χ1n) is 10.8. The summed E-state index contributed by atoms with van der Waals surface area (Å²) in [5, 5.41) is 3.48. The number of nitrogens with one attached hydrogen (secondary N) is 1. The van der Waals surface area contributed by atoms with Gasteiger partial charge in [0.15, 0.2) is 5.96 Å². The van der Waals surface area contributed by atoms with Gasteiger partial charge in [-0.1, -0.05) is 24.3 Å². The number of ether oxygens (including phenoxy) is 2. The molecule has 3 atom stereocenters. The molecule has 0 radical (unpaired) electrons. The summed E-state index contributed by atoms with van der Waals surface area (Å²) >= 11 is 0. The Morgan fingerprint density at radius 2 is 2.11 bits per heavy atom. The Morgan fingerprint density at radius 1 is 1.21 bits per heavy atom. The molecule has 1 aromatic rings. The second-order valence-corrected chi connectivity index (χ2v) is 8.10. The van der Waals surface area contributed by atoms with Gasteiger partial charge in [0.05, 0.1) is 32.4 Å². The molecule has 3 heterocycles. The summed E-state index contributed by atoms with van der Waals surface area (Å²) in [4.78, 5) is 9.87. The number of aryl methyl sites for hydroxylation is 1. The van der Waals surface area contributed by atoms with Gasteiger partial charge in [0, 0.05) is 25.7 Å². The molecule has 28 heavy (non-hydrogen) atoms. The molecule has 6 nitrogen and oxygen atoms in total. The highest BCUT2D eigenvalue weighted by Gasteiger charge is 2.32. The smallest absolute Gasteiger partial charge is 0.194 e. The zero-order valence-corrected chi connectivity index (χ0v) is 17.3. The summed E-state index contributed by atoms with van der Waals surface area (Å²) < 4.78 is 12.2. The van der Waals surface area contributed by atoms with Crippen molar-refractivity contribution >= 4 is 5.96 Å². The monoisotopic (exact) mass is 386 g/mol. The number of hydrogen-bond donors (Lipinski definition) is 1. The SMILES string of the molecule is CCNC(=NCC1CN2CCCC2CO1)N1CCOC(c2ccccc2C)C1. The lowest BCUT2D eigenvalue weighted by atomic mass is 10.0. The van der Waals surface area contributed by atoms with Crippen LogP contribution in [0.25, 0.3) is 0 Å². The van der Waals surface area contributed by atoms with Gasteiger partial charge in [0.1, 0.15) is 6.10 Å². The number of nitrogens with zero attached hydrogens (tertiary/aromatic N) is 3. The van der Waals surface area contributed by atoms with Gasteiger partial charge >= 0.3 is 0 Å². The van der Waals surface area contributed by atoms with Crippen molar-refractivity contribution in [1.82, 2.24) is 15.1 Å². The van der Waals surface area contributed by atoms with Crippen molar-refractivity contribution in [2.24, 2.45) is 4.99 Å². The van der Waals surface area contributed by atoms with Crippen molar-refractivity contribution < 1.29 is 9.47 Å². The number of hydrogen-bond acceptors (Lipinski definition) is 4. The largest absolute Gasteiger partial charge is 0.373 e. The van der Waals surface area contributed by atoms with Crippen molar-refractivity contribution in [2.75, 3.05) is 52.5 Å². The van der Waals surface area contributed by atoms with Gasteiger partial charge in [-0.05, 0) is 44.4 Å². The summed E-state index contributed by atoms with van der Waals surface area (Å²) in [6.07, 6.45) is 2.89. The third kappa shape index (κ3) is 4.50. The zero-order valence-electron chi connectivity index (χ0n) is 17.3. The zero-order chi connectivity index (χ0) is 19.3. The minimum absolute atomic E-state index is 0.0927. The minimum Gasteiger partial charge on any atom is -0.373 e. The van der Waals surface area contributed by atoms with E-state index in [4.69, 9.17) is 14.5 Å². The summed E-state index contributed by atoms with van der Waals surface area (Å²) in [5.41, 5.74) is 2.56.